The van der Waals surface area contributed by atoms with Gasteiger partial charge in [-0.3, -0.25) is 10.1 Å². The Bertz CT molecular complexity index is 772. The third-order valence-electron chi connectivity index (χ3n) is 4.11. The van der Waals surface area contributed by atoms with E-state index in [-0.39, 0.29) is 11.9 Å². The highest BCUT2D eigenvalue weighted by Crippen LogP contribution is 2.25. The number of hydrogen-bond acceptors (Lipinski definition) is 3. The zero-order valence-corrected chi connectivity index (χ0v) is 15.1. The van der Waals surface area contributed by atoms with Crippen molar-refractivity contribution in [3.8, 4) is 0 Å². The SMILES string of the molecule is CN(Cc1ccccc1)C(=O)CN[C@H](c1ccccc1)c1cccs1. The lowest BCUT2D eigenvalue weighted by atomic mass is 10.1. The Balaban J connectivity index is 1.64. The summed E-state index contributed by atoms with van der Waals surface area (Å²) in [5.41, 5.74) is 2.31. The molecule has 0 radical (unpaired) electrons. The van der Waals surface area contributed by atoms with Crippen LogP contribution in [0.15, 0.2) is 78.2 Å². The summed E-state index contributed by atoms with van der Waals surface area (Å²) >= 11 is 1.70. The summed E-state index contributed by atoms with van der Waals surface area (Å²) in [6.45, 7) is 0.928. The number of likely N-dealkylation sites (N-methyl/N-ethyl adjacent to an activating group) is 1. The van der Waals surface area contributed by atoms with E-state index < -0.39 is 0 Å². The number of amides is 1. The van der Waals surface area contributed by atoms with Gasteiger partial charge in [0.15, 0.2) is 0 Å². The van der Waals surface area contributed by atoms with Crippen molar-refractivity contribution in [3.63, 3.8) is 0 Å². The zero-order valence-electron chi connectivity index (χ0n) is 14.3. The molecule has 0 aliphatic carbocycles. The fourth-order valence-corrected chi connectivity index (χ4v) is 3.58. The minimum atomic E-state index is 0.0373. The molecular weight excluding hydrogens is 328 g/mol. The third-order valence-corrected chi connectivity index (χ3v) is 5.04. The lowest BCUT2D eigenvalue weighted by molar-refractivity contribution is -0.129. The summed E-state index contributed by atoms with van der Waals surface area (Å²) in [7, 11) is 1.85. The Kier molecular flexibility index (Phi) is 5.99. The van der Waals surface area contributed by atoms with Crippen LogP contribution in [-0.2, 0) is 11.3 Å². The number of hydrogen-bond donors (Lipinski definition) is 1. The second-order valence-corrected chi connectivity index (χ2v) is 6.95. The smallest absolute Gasteiger partial charge is 0.236 e. The molecule has 3 nitrogen and oxygen atoms in total. The molecule has 3 rings (SSSR count). The number of carbonyl (C=O) groups excluding carboxylic acids is 1. The predicted molar refractivity (Wildman–Crippen MR) is 104 cm³/mol. The summed E-state index contributed by atoms with van der Waals surface area (Å²) in [5.74, 6) is 0.0846. The largest absolute Gasteiger partial charge is 0.340 e. The summed E-state index contributed by atoms with van der Waals surface area (Å²) in [5, 5.41) is 5.49. The van der Waals surface area contributed by atoms with Crippen molar-refractivity contribution < 1.29 is 4.79 Å². The molecule has 0 spiro atoms. The van der Waals surface area contributed by atoms with Gasteiger partial charge in [-0.2, -0.15) is 0 Å². The van der Waals surface area contributed by atoms with Crippen LogP contribution in [0.25, 0.3) is 0 Å². The average Bonchev–Trinajstić information content (AvgIpc) is 3.18. The highest BCUT2D eigenvalue weighted by Gasteiger charge is 2.17. The molecule has 0 bridgehead atoms. The van der Waals surface area contributed by atoms with Crippen molar-refractivity contribution in [2.24, 2.45) is 0 Å². The Hall–Kier alpha value is -2.43. The maximum atomic E-state index is 12.5. The number of carbonyl (C=O) groups is 1. The quantitative estimate of drug-likeness (QED) is 0.696. The maximum absolute atomic E-state index is 12.5. The topological polar surface area (TPSA) is 32.3 Å². The molecule has 2 aromatic carbocycles. The molecule has 0 saturated heterocycles. The molecule has 3 aromatic rings. The molecule has 1 atom stereocenters. The van der Waals surface area contributed by atoms with E-state index in [1.54, 1.807) is 16.2 Å². The van der Waals surface area contributed by atoms with E-state index in [2.05, 4.69) is 28.9 Å². The summed E-state index contributed by atoms with van der Waals surface area (Å²) in [6.07, 6.45) is 0. The first kappa shape index (κ1) is 17.4. The standard InChI is InChI=1S/C21H22N2OS/c1-23(16-17-9-4-2-5-10-17)20(24)15-22-21(19-13-8-14-25-19)18-11-6-3-7-12-18/h2-14,21-22H,15-16H2,1H3/t21-/m1/s1. The number of benzene rings is 2. The van der Waals surface area contributed by atoms with Crippen LogP contribution in [-0.4, -0.2) is 24.4 Å². The molecule has 0 aliphatic heterocycles. The molecule has 0 saturated carbocycles. The van der Waals surface area contributed by atoms with Crippen LogP contribution in [0.4, 0.5) is 0 Å². The van der Waals surface area contributed by atoms with Gasteiger partial charge in [-0.05, 0) is 22.6 Å². The van der Waals surface area contributed by atoms with Gasteiger partial charge in [-0.15, -0.1) is 11.3 Å². The second kappa shape index (κ2) is 8.60. The first-order chi connectivity index (χ1) is 12.2. The van der Waals surface area contributed by atoms with E-state index in [9.17, 15) is 4.79 Å². The fraction of sp³-hybridized carbons (Fsp3) is 0.190. The van der Waals surface area contributed by atoms with E-state index in [1.165, 1.54) is 10.4 Å². The highest BCUT2D eigenvalue weighted by molar-refractivity contribution is 7.10. The van der Waals surface area contributed by atoms with Gasteiger partial charge in [0.25, 0.3) is 0 Å². The molecule has 25 heavy (non-hydrogen) atoms. The Morgan fingerprint density at radius 1 is 1.00 bits per heavy atom. The van der Waals surface area contributed by atoms with Crippen molar-refractivity contribution in [3.05, 3.63) is 94.2 Å². The average molecular weight is 350 g/mol. The van der Waals surface area contributed by atoms with Crippen molar-refractivity contribution in [2.75, 3.05) is 13.6 Å². The van der Waals surface area contributed by atoms with Gasteiger partial charge in [0.05, 0.1) is 12.6 Å². The predicted octanol–water partition coefficient (Wildman–Crippen LogP) is 4.09. The normalized spacial score (nSPS) is 11.9. The summed E-state index contributed by atoms with van der Waals surface area (Å²) < 4.78 is 0. The molecule has 0 unspecified atom stereocenters. The van der Waals surface area contributed by atoms with Crippen molar-refractivity contribution in [1.82, 2.24) is 10.2 Å². The Morgan fingerprint density at radius 3 is 2.32 bits per heavy atom. The van der Waals surface area contributed by atoms with Gasteiger partial charge >= 0.3 is 0 Å². The van der Waals surface area contributed by atoms with Crippen LogP contribution in [0.3, 0.4) is 0 Å². The van der Waals surface area contributed by atoms with Crippen LogP contribution in [0.2, 0.25) is 0 Å². The van der Waals surface area contributed by atoms with Crippen LogP contribution in [0, 0.1) is 0 Å². The van der Waals surface area contributed by atoms with Gasteiger partial charge in [0, 0.05) is 18.5 Å². The minimum Gasteiger partial charge on any atom is -0.340 e. The Morgan fingerprint density at radius 2 is 1.68 bits per heavy atom. The monoisotopic (exact) mass is 350 g/mol. The first-order valence-corrected chi connectivity index (χ1v) is 9.21. The molecule has 128 valence electrons. The lowest BCUT2D eigenvalue weighted by Gasteiger charge is -2.21. The molecular formula is C21H22N2OS. The first-order valence-electron chi connectivity index (χ1n) is 8.33. The maximum Gasteiger partial charge on any atom is 0.236 e. The fourth-order valence-electron chi connectivity index (χ4n) is 2.75. The molecule has 1 N–H and O–H groups in total. The van der Waals surface area contributed by atoms with Gasteiger partial charge in [-0.1, -0.05) is 66.7 Å². The van der Waals surface area contributed by atoms with E-state index in [0.717, 1.165) is 5.56 Å². The van der Waals surface area contributed by atoms with Crippen LogP contribution < -0.4 is 5.32 Å². The van der Waals surface area contributed by atoms with Crippen molar-refractivity contribution >= 4 is 17.2 Å². The number of thiophene rings is 1. The molecule has 1 amide bonds. The highest BCUT2D eigenvalue weighted by atomic mass is 32.1. The van der Waals surface area contributed by atoms with Crippen molar-refractivity contribution in [1.29, 1.82) is 0 Å². The second-order valence-electron chi connectivity index (χ2n) is 5.98. The summed E-state index contributed by atoms with van der Waals surface area (Å²) in [6, 6.07) is 24.5. The number of nitrogens with one attached hydrogen (secondary N) is 1. The molecule has 0 aliphatic rings. The number of nitrogens with zero attached hydrogens (tertiary/aromatic N) is 1. The molecule has 4 heteroatoms. The van der Waals surface area contributed by atoms with E-state index in [0.29, 0.717) is 13.1 Å². The van der Waals surface area contributed by atoms with E-state index >= 15 is 0 Å². The van der Waals surface area contributed by atoms with Gasteiger partial charge in [0.2, 0.25) is 5.91 Å². The third kappa shape index (κ3) is 4.78. The van der Waals surface area contributed by atoms with Gasteiger partial charge < -0.3 is 4.90 Å². The summed E-state index contributed by atoms with van der Waals surface area (Å²) in [4.78, 5) is 15.5. The van der Waals surface area contributed by atoms with E-state index in [1.807, 2.05) is 61.6 Å². The molecule has 1 aromatic heterocycles. The van der Waals surface area contributed by atoms with E-state index in [4.69, 9.17) is 0 Å². The van der Waals surface area contributed by atoms with Crippen molar-refractivity contribution in [2.45, 2.75) is 12.6 Å². The van der Waals surface area contributed by atoms with Gasteiger partial charge in [-0.25, -0.2) is 0 Å². The van der Waals surface area contributed by atoms with Crippen LogP contribution in [0.1, 0.15) is 22.0 Å². The van der Waals surface area contributed by atoms with Gasteiger partial charge in [0.1, 0.15) is 0 Å². The van der Waals surface area contributed by atoms with Crippen LogP contribution in [0.5, 0.6) is 0 Å². The molecule has 1 heterocycles. The Labute approximate surface area is 152 Å². The number of rotatable bonds is 7. The molecule has 0 fully saturated rings. The zero-order chi connectivity index (χ0) is 17.5. The minimum absolute atomic E-state index is 0.0373. The van der Waals surface area contributed by atoms with Crippen LogP contribution >= 0.6 is 11.3 Å². The lowest BCUT2D eigenvalue weighted by Crippen LogP contribution is -2.36.